The quantitative estimate of drug-likeness (QED) is 0.196. The molecule has 1 heterocycles. The lowest BCUT2D eigenvalue weighted by Crippen LogP contribution is -2.61. The standard InChI is InChI=1S/C25H30O7/c1-9-13(4)22(27)30-19-17-16(7)24(29)31-20(17)21(32-23(28)14(5)10-2)25(8,11-3)18(19)15(6)12-26/h9-12,17-21H,3,6-7H2,1-2,4-5,8H3. The highest BCUT2D eigenvalue weighted by Crippen LogP contribution is 2.54. The highest BCUT2D eigenvalue weighted by Gasteiger charge is 2.65. The highest BCUT2D eigenvalue weighted by atomic mass is 16.6. The molecule has 2 rings (SSSR count). The second-order valence-corrected chi connectivity index (χ2v) is 8.30. The molecule has 6 atom stereocenters. The lowest BCUT2D eigenvalue weighted by atomic mass is 9.57. The van der Waals surface area contributed by atoms with Crippen molar-refractivity contribution < 1.29 is 33.4 Å². The van der Waals surface area contributed by atoms with E-state index in [1.807, 2.05) is 0 Å². The first-order valence-electron chi connectivity index (χ1n) is 10.3. The van der Waals surface area contributed by atoms with Crippen molar-refractivity contribution in [3.05, 3.63) is 60.3 Å². The minimum Gasteiger partial charge on any atom is -0.458 e. The maximum atomic E-state index is 12.7. The molecule has 7 heteroatoms. The van der Waals surface area contributed by atoms with E-state index in [1.165, 1.54) is 6.08 Å². The average Bonchev–Trinajstić information content (AvgIpc) is 3.08. The second-order valence-electron chi connectivity index (χ2n) is 8.30. The van der Waals surface area contributed by atoms with Crippen LogP contribution in [0.2, 0.25) is 0 Å². The van der Waals surface area contributed by atoms with Crippen LogP contribution < -0.4 is 0 Å². The molecule has 0 aromatic heterocycles. The van der Waals surface area contributed by atoms with Crippen molar-refractivity contribution in [3.63, 3.8) is 0 Å². The van der Waals surface area contributed by atoms with E-state index in [1.54, 1.807) is 46.8 Å². The number of ether oxygens (including phenoxy) is 3. The van der Waals surface area contributed by atoms with Gasteiger partial charge in [-0.1, -0.05) is 38.3 Å². The molecule has 0 bridgehead atoms. The Kier molecular flexibility index (Phi) is 7.44. The molecule has 1 aliphatic carbocycles. The Morgan fingerprint density at radius 1 is 1.09 bits per heavy atom. The summed E-state index contributed by atoms with van der Waals surface area (Å²) in [5.74, 6) is -3.58. The molecule has 1 saturated carbocycles. The van der Waals surface area contributed by atoms with Crippen LogP contribution in [-0.2, 0) is 33.4 Å². The molecule has 0 aromatic carbocycles. The number of aldehydes is 1. The minimum atomic E-state index is -1.15. The zero-order valence-electron chi connectivity index (χ0n) is 19.2. The SMILES string of the molecule is C=CC1(C)C(OC(=O)C(C)=CC)C2OC(=O)C(=C)C2C(OC(=O)C(C)=CC)C1C(=C)C=O. The van der Waals surface area contributed by atoms with Gasteiger partial charge in [0.1, 0.15) is 18.5 Å². The number of carbonyl (C=O) groups excluding carboxylic acids is 4. The zero-order valence-corrected chi connectivity index (χ0v) is 19.2. The van der Waals surface area contributed by atoms with Gasteiger partial charge >= 0.3 is 17.9 Å². The maximum absolute atomic E-state index is 12.7. The summed E-state index contributed by atoms with van der Waals surface area (Å²) in [7, 11) is 0. The Morgan fingerprint density at radius 2 is 1.62 bits per heavy atom. The van der Waals surface area contributed by atoms with Gasteiger partial charge in [0, 0.05) is 28.1 Å². The summed E-state index contributed by atoms with van der Waals surface area (Å²) in [6.45, 7) is 19.8. The zero-order chi connectivity index (χ0) is 24.4. The van der Waals surface area contributed by atoms with E-state index in [9.17, 15) is 19.2 Å². The monoisotopic (exact) mass is 442 g/mol. The van der Waals surface area contributed by atoms with E-state index in [0.29, 0.717) is 17.4 Å². The Hall–Kier alpha value is -3.22. The van der Waals surface area contributed by atoms with E-state index in [-0.39, 0.29) is 11.1 Å². The van der Waals surface area contributed by atoms with Crippen molar-refractivity contribution in [1.82, 2.24) is 0 Å². The predicted molar refractivity (Wildman–Crippen MR) is 118 cm³/mol. The molecule has 32 heavy (non-hydrogen) atoms. The van der Waals surface area contributed by atoms with Gasteiger partial charge in [0.05, 0.1) is 5.92 Å². The topological polar surface area (TPSA) is 96.0 Å². The summed E-state index contributed by atoms with van der Waals surface area (Å²) < 4.78 is 17.2. The fourth-order valence-electron chi connectivity index (χ4n) is 4.26. The molecule has 1 aliphatic heterocycles. The molecule has 0 spiro atoms. The smallest absolute Gasteiger partial charge is 0.334 e. The van der Waals surface area contributed by atoms with Crippen LogP contribution in [0, 0.1) is 17.3 Å². The van der Waals surface area contributed by atoms with Gasteiger partial charge in [-0.05, 0) is 33.3 Å². The molecule has 0 N–H and O–H groups in total. The Bertz CT molecular complexity index is 938. The molecule has 2 fully saturated rings. The van der Waals surface area contributed by atoms with Crippen LogP contribution in [-0.4, -0.2) is 42.5 Å². The number of rotatable bonds is 7. The summed E-state index contributed by atoms with van der Waals surface area (Å²) in [6, 6.07) is 0. The van der Waals surface area contributed by atoms with Crippen molar-refractivity contribution in [3.8, 4) is 0 Å². The lowest BCUT2D eigenvalue weighted by Gasteiger charge is -2.52. The molecule has 2 aliphatic rings. The molecule has 1 saturated heterocycles. The first kappa shape index (κ1) is 25.0. The van der Waals surface area contributed by atoms with Crippen LogP contribution in [0.5, 0.6) is 0 Å². The van der Waals surface area contributed by atoms with E-state index in [0.717, 1.165) is 0 Å². The summed E-state index contributed by atoms with van der Waals surface area (Å²) >= 11 is 0. The first-order chi connectivity index (χ1) is 15.0. The summed E-state index contributed by atoms with van der Waals surface area (Å²) in [5.41, 5.74) is -0.255. The number of allylic oxidation sites excluding steroid dienone is 2. The Balaban J connectivity index is 2.70. The molecular formula is C25H30O7. The average molecular weight is 443 g/mol. The van der Waals surface area contributed by atoms with Gasteiger partial charge in [-0.2, -0.15) is 0 Å². The number of hydrogen-bond donors (Lipinski definition) is 0. The van der Waals surface area contributed by atoms with Crippen molar-refractivity contribution >= 4 is 24.2 Å². The number of hydrogen-bond acceptors (Lipinski definition) is 7. The molecular weight excluding hydrogens is 412 g/mol. The van der Waals surface area contributed by atoms with E-state index in [4.69, 9.17) is 14.2 Å². The third-order valence-electron chi connectivity index (χ3n) is 6.50. The normalized spacial score (nSPS) is 32.5. The van der Waals surface area contributed by atoms with Crippen molar-refractivity contribution in [2.75, 3.05) is 0 Å². The summed E-state index contributed by atoms with van der Waals surface area (Å²) in [6.07, 6.45) is 2.26. The van der Waals surface area contributed by atoms with Gasteiger partial charge in [0.15, 0.2) is 6.10 Å². The van der Waals surface area contributed by atoms with Gasteiger partial charge in [-0.15, -0.1) is 6.58 Å². The number of esters is 3. The highest BCUT2D eigenvalue weighted by molar-refractivity contribution is 5.92. The van der Waals surface area contributed by atoms with Crippen LogP contribution in [0.25, 0.3) is 0 Å². The Morgan fingerprint density at radius 3 is 2.09 bits per heavy atom. The fourth-order valence-corrected chi connectivity index (χ4v) is 4.26. The molecule has 6 unspecified atom stereocenters. The molecule has 7 nitrogen and oxygen atoms in total. The Labute approximate surface area is 188 Å². The predicted octanol–water partition coefficient (Wildman–Crippen LogP) is 3.42. The fraction of sp³-hybridized carbons (Fsp3) is 0.440. The maximum Gasteiger partial charge on any atom is 0.334 e. The minimum absolute atomic E-state index is 0.0737. The van der Waals surface area contributed by atoms with Crippen LogP contribution in [0.4, 0.5) is 0 Å². The molecule has 0 amide bonds. The lowest BCUT2D eigenvalue weighted by molar-refractivity contribution is -0.197. The first-order valence-corrected chi connectivity index (χ1v) is 10.3. The van der Waals surface area contributed by atoms with Gasteiger partial charge < -0.3 is 14.2 Å². The van der Waals surface area contributed by atoms with Gasteiger partial charge in [-0.3, -0.25) is 4.79 Å². The third-order valence-corrected chi connectivity index (χ3v) is 6.50. The van der Waals surface area contributed by atoms with Crippen LogP contribution in [0.3, 0.4) is 0 Å². The number of fused-ring (bicyclic) bond motifs is 1. The largest absolute Gasteiger partial charge is 0.458 e. The summed E-state index contributed by atoms with van der Waals surface area (Å²) in [5, 5.41) is 0. The van der Waals surface area contributed by atoms with E-state index < -0.39 is 53.5 Å². The summed E-state index contributed by atoms with van der Waals surface area (Å²) in [4.78, 5) is 49.7. The van der Waals surface area contributed by atoms with Crippen LogP contribution >= 0.6 is 0 Å². The molecule has 172 valence electrons. The molecule has 0 radical (unpaired) electrons. The van der Waals surface area contributed by atoms with Gasteiger partial charge in [-0.25, -0.2) is 14.4 Å². The van der Waals surface area contributed by atoms with Gasteiger partial charge in [0.25, 0.3) is 0 Å². The second kappa shape index (κ2) is 9.51. The van der Waals surface area contributed by atoms with Crippen LogP contribution in [0.1, 0.15) is 34.6 Å². The third kappa shape index (κ3) is 4.11. The number of carbonyl (C=O) groups is 4. The molecule has 0 aromatic rings. The van der Waals surface area contributed by atoms with Crippen molar-refractivity contribution in [2.45, 2.75) is 52.9 Å². The van der Waals surface area contributed by atoms with Crippen LogP contribution in [0.15, 0.2) is 60.3 Å². The van der Waals surface area contributed by atoms with E-state index in [2.05, 4.69) is 19.7 Å². The van der Waals surface area contributed by atoms with E-state index >= 15 is 0 Å². The van der Waals surface area contributed by atoms with Crippen molar-refractivity contribution in [2.24, 2.45) is 17.3 Å². The van der Waals surface area contributed by atoms with Gasteiger partial charge in [0.2, 0.25) is 0 Å². The van der Waals surface area contributed by atoms with Crippen molar-refractivity contribution in [1.29, 1.82) is 0 Å².